The van der Waals surface area contributed by atoms with E-state index in [1.165, 1.54) is 32.1 Å². The number of ether oxygens (including phenoxy) is 3. The van der Waals surface area contributed by atoms with Crippen molar-refractivity contribution < 1.29 is 19.0 Å². The van der Waals surface area contributed by atoms with Crippen LogP contribution in [-0.2, 0) is 16.0 Å². The zero-order valence-corrected chi connectivity index (χ0v) is 14.8. The van der Waals surface area contributed by atoms with Crippen molar-refractivity contribution in [3.63, 3.8) is 0 Å². The SMILES string of the molecule is COc1ccc(CC(=O)NCCCOC2CCCCC2)c(OC)c1. The van der Waals surface area contributed by atoms with Gasteiger partial charge < -0.3 is 19.5 Å². The first-order valence-electron chi connectivity index (χ1n) is 8.82. The second-order valence-corrected chi connectivity index (χ2v) is 6.19. The van der Waals surface area contributed by atoms with Crippen molar-refractivity contribution in [2.24, 2.45) is 0 Å². The third-order valence-electron chi connectivity index (χ3n) is 4.39. The summed E-state index contributed by atoms with van der Waals surface area (Å²) in [6.45, 7) is 1.36. The van der Waals surface area contributed by atoms with Gasteiger partial charge in [-0.1, -0.05) is 25.3 Å². The predicted molar refractivity (Wildman–Crippen MR) is 93.7 cm³/mol. The van der Waals surface area contributed by atoms with E-state index in [1.807, 2.05) is 12.1 Å². The van der Waals surface area contributed by atoms with Gasteiger partial charge >= 0.3 is 0 Å². The molecule has 134 valence electrons. The summed E-state index contributed by atoms with van der Waals surface area (Å²) in [4.78, 5) is 12.1. The monoisotopic (exact) mass is 335 g/mol. The van der Waals surface area contributed by atoms with Crippen molar-refractivity contribution in [1.29, 1.82) is 0 Å². The Bertz CT molecular complexity index is 512. The largest absolute Gasteiger partial charge is 0.497 e. The average Bonchev–Trinajstić information content (AvgIpc) is 2.62. The number of nitrogens with one attached hydrogen (secondary N) is 1. The van der Waals surface area contributed by atoms with Crippen LogP contribution in [0.3, 0.4) is 0 Å². The number of carbonyl (C=O) groups excluding carboxylic acids is 1. The lowest BCUT2D eigenvalue weighted by Gasteiger charge is -2.21. The van der Waals surface area contributed by atoms with Crippen molar-refractivity contribution in [2.45, 2.75) is 51.0 Å². The van der Waals surface area contributed by atoms with Gasteiger partial charge in [0.2, 0.25) is 5.91 Å². The zero-order valence-electron chi connectivity index (χ0n) is 14.8. The van der Waals surface area contributed by atoms with Crippen LogP contribution in [0.15, 0.2) is 18.2 Å². The molecule has 5 heteroatoms. The van der Waals surface area contributed by atoms with Gasteiger partial charge in [-0.15, -0.1) is 0 Å². The smallest absolute Gasteiger partial charge is 0.224 e. The predicted octanol–water partition coefficient (Wildman–Crippen LogP) is 3.10. The maximum atomic E-state index is 12.1. The Morgan fingerprint density at radius 3 is 2.67 bits per heavy atom. The number of carbonyl (C=O) groups is 1. The molecule has 0 unspecified atom stereocenters. The Morgan fingerprint density at radius 1 is 1.17 bits per heavy atom. The lowest BCUT2D eigenvalue weighted by Crippen LogP contribution is -2.27. The van der Waals surface area contributed by atoms with Crippen LogP contribution < -0.4 is 14.8 Å². The highest BCUT2D eigenvalue weighted by Gasteiger charge is 2.13. The lowest BCUT2D eigenvalue weighted by atomic mass is 9.98. The second kappa shape index (κ2) is 10.2. The van der Waals surface area contributed by atoms with Crippen molar-refractivity contribution in [2.75, 3.05) is 27.4 Å². The molecule has 0 atom stereocenters. The molecular weight excluding hydrogens is 306 g/mol. The third kappa shape index (κ3) is 6.04. The van der Waals surface area contributed by atoms with Crippen LogP contribution in [0, 0.1) is 0 Å². The quantitative estimate of drug-likeness (QED) is 0.705. The maximum absolute atomic E-state index is 12.1. The number of hydrogen-bond acceptors (Lipinski definition) is 4. The molecular formula is C19H29NO4. The molecule has 1 fully saturated rings. The van der Waals surface area contributed by atoms with Crippen molar-refractivity contribution in [3.05, 3.63) is 23.8 Å². The van der Waals surface area contributed by atoms with Gasteiger partial charge in [-0.3, -0.25) is 4.79 Å². The van der Waals surface area contributed by atoms with E-state index in [1.54, 1.807) is 20.3 Å². The molecule has 0 aromatic heterocycles. The second-order valence-electron chi connectivity index (χ2n) is 6.19. The van der Waals surface area contributed by atoms with Crippen molar-refractivity contribution in [3.8, 4) is 11.5 Å². The first-order valence-corrected chi connectivity index (χ1v) is 8.82. The summed E-state index contributed by atoms with van der Waals surface area (Å²) < 4.78 is 16.3. The van der Waals surface area contributed by atoms with Gasteiger partial charge in [0.1, 0.15) is 11.5 Å². The summed E-state index contributed by atoms with van der Waals surface area (Å²) in [6, 6.07) is 5.49. The molecule has 2 rings (SSSR count). The van der Waals surface area contributed by atoms with E-state index in [-0.39, 0.29) is 5.91 Å². The van der Waals surface area contributed by atoms with Crippen LogP contribution in [-0.4, -0.2) is 39.4 Å². The Morgan fingerprint density at radius 2 is 1.96 bits per heavy atom. The first-order chi connectivity index (χ1) is 11.7. The van der Waals surface area contributed by atoms with Gasteiger partial charge in [0, 0.05) is 24.8 Å². The minimum absolute atomic E-state index is 0.00358. The van der Waals surface area contributed by atoms with E-state index in [0.29, 0.717) is 24.8 Å². The maximum Gasteiger partial charge on any atom is 0.224 e. The van der Waals surface area contributed by atoms with Gasteiger partial charge in [-0.2, -0.15) is 0 Å². The Kier molecular flexibility index (Phi) is 7.89. The molecule has 1 aliphatic carbocycles. The molecule has 0 spiro atoms. The molecule has 5 nitrogen and oxygen atoms in total. The van der Waals surface area contributed by atoms with Crippen LogP contribution in [0.25, 0.3) is 0 Å². The fourth-order valence-corrected chi connectivity index (χ4v) is 3.02. The molecule has 1 N–H and O–H groups in total. The standard InChI is InChI=1S/C19H29NO4/c1-22-17-10-9-15(18(14-17)23-2)13-19(21)20-11-6-12-24-16-7-4-3-5-8-16/h9-10,14,16H,3-8,11-13H2,1-2H3,(H,20,21). The van der Waals surface area contributed by atoms with E-state index >= 15 is 0 Å². The zero-order chi connectivity index (χ0) is 17.2. The fourth-order valence-electron chi connectivity index (χ4n) is 3.02. The molecule has 0 aliphatic heterocycles. The molecule has 1 aliphatic rings. The topological polar surface area (TPSA) is 56.8 Å². The molecule has 1 saturated carbocycles. The molecule has 1 aromatic carbocycles. The van der Waals surface area contributed by atoms with Gasteiger partial charge in [0.25, 0.3) is 0 Å². The van der Waals surface area contributed by atoms with Crippen LogP contribution in [0.2, 0.25) is 0 Å². The average molecular weight is 335 g/mol. The van der Waals surface area contributed by atoms with E-state index in [4.69, 9.17) is 14.2 Å². The van der Waals surface area contributed by atoms with E-state index < -0.39 is 0 Å². The number of hydrogen-bond donors (Lipinski definition) is 1. The lowest BCUT2D eigenvalue weighted by molar-refractivity contribution is -0.120. The summed E-state index contributed by atoms with van der Waals surface area (Å²) in [5.74, 6) is 1.39. The molecule has 0 bridgehead atoms. The summed E-state index contributed by atoms with van der Waals surface area (Å²) in [5, 5.41) is 2.94. The van der Waals surface area contributed by atoms with Crippen LogP contribution in [0.5, 0.6) is 11.5 Å². The van der Waals surface area contributed by atoms with E-state index in [9.17, 15) is 4.79 Å². The Labute approximate surface area is 144 Å². The Balaban J connectivity index is 1.66. The van der Waals surface area contributed by atoms with Crippen LogP contribution >= 0.6 is 0 Å². The molecule has 0 saturated heterocycles. The minimum Gasteiger partial charge on any atom is -0.497 e. The van der Waals surface area contributed by atoms with Crippen molar-refractivity contribution >= 4 is 5.91 Å². The van der Waals surface area contributed by atoms with Gasteiger partial charge in [0.05, 0.1) is 26.7 Å². The molecule has 0 radical (unpaired) electrons. The van der Waals surface area contributed by atoms with Crippen LogP contribution in [0.1, 0.15) is 44.1 Å². The molecule has 1 amide bonds. The van der Waals surface area contributed by atoms with Crippen LogP contribution in [0.4, 0.5) is 0 Å². The first kappa shape index (κ1) is 18.6. The molecule has 0 heterocycles. The highest BCUT2D eigenvalue weighted by Crippen LogP contribution is 2.25. The summed E-state index contributed by atoms with van der Waals surface area (Å²) in [6.07, 6.45) is 7.85. The number of rotatable bonds is 9. The fraction of sp³-hybridized carbons (Fsp3) is 0.632. The summed E-state index contributed by atoms with van der Waals surface area (Å²) in [5.41, 5.74) is 0.856. The van der Waals surface area contributed by atoms with Gasteiger partial charge in [0.15, 0.2) is 0 Å². The number of methoxy groups -OCH3 is 2. The van der Waals surface area contributed by atoms with E-state index in [0.717, 1.165) is 24.3 Å². The van der Waals surface area contributed by atoms with Crippen molar-refractivity contribution in [1.82, 2.24) is 5.32 Å². The highest BCUT2D eigenvalue weighted by molar-refractivity contribution is 5.79. The normalized spacial score (nSPS) is 15.1. The number of amides is 1. The Hall–Kier alpha value is -1.75. The third-order valence-corrected chi connectivity index (χ3v) is 4.39. The molecule has 24 heavy (non-hydrogen) atoms. The highest BCUT2D eigenvalue weighted by atomic mass is 16.5. The van der Waals surface area contributed by atoms with Gasteiger partial charge in [-0.05, 0) is 25.3 Å². The molecule has 1 aromatic rings. The summed E-state index contributed by atoms with van der Waals surface area (Å²) in [7, 11) is 3.20. The van der Waals surface area contributed by atoms with Gasteiger partial charge in [-0.25, -0.2) is 0 Å². The summed E-state index contributed by atoms with van der Waals surface area (Å²) >= 11 is 0. The minimum atomic E-state index is -0.00358. The van der Waals surface area contributed by atoms with E-state index in [2.05, 4.69) is 5.32 Å². The number of benzene rings is 1.